The second kappa shape index (κ2) is 4.19. The molecule has 104 valence electrons. The number of rotatable bonds is 1. The standard InChI is InChI=1S/C13H16BrNO4/c14-10-6-5-7-9(13(17)19-11(7)10)8(6)12(16)15-1-3-18-4-2-15/h6-11H,1-5H2/t6-,7-,8+,9+,10-,11+/m1/s1. The summed E-state index contributed by atoms with van der Waals surface area (Å²) in [7, 11) is 0. The number of halogens is 1. The van der Waals surface area contributed by atoms with Gasteiger partial charge in [-0.3, -0.25) is 9.59 Å². The molecular weight excluding hydrogens is 314 g/mol. The third-order valence-corrected chi connectivity index (χ3v) is 6.33. The second-order valence-corrected chi connectivity index (χ2v) is 6.96. The number of esters is 1. The van der Waals surface area contributed by atoms with Crippen LogP contribution in [0.15, 0.2) is 0 Å². The van der Waals surface area contributed by atoms with Gasteiger partial charge in [0, 0.05) is 19.0 Å². The molecule has 0 spiro atoms. The van der Waals surface area contributed by atoms with Crippen molar-refractivity contribution in [3.63, 3.8) is 0 Å². The van der Waals surface area contributed by atoms with Crippen LogP contribution in [0.5, 0.6) is 0 Å². The topological polar surface area (TPSA) is 55.8 Å². The number of ether oxygens (including phenoxy) is 2. The quantitative estimate of drug-likeness (QED) is 0.516. The first-order valence-electron chi connectivity index (χ1n) is 6.89. The molecule has 6 heteroatoms. The van der Waals surface area contributed by atoms with Gasteiger partial charge in [0.1, 0.15) is 6.10 Å². The lowest BCUT2D eigenvalue weighted by atomic mass is 9.79. The monoisotopic (exact) mass is 329 g/mol. The molecule has 6 atom stereocenters. The highest BCUT2D eigenvalue weighted by Gasteiger charge is 2.68. The van der Waals surface area contributed by atoms with E-state index in [9.17, 15) is 9.59 Å². The van der Waals surface area contributed by atoms with Crippen LogP contribution in [-0.4, -0.2) is 54.0 Å². The van der Waals surface area contributed by atoms with E-state index in [0.717, 1.165) is 6.42 Å². The highest BCUT2D eigenvalue weighted by Crippen LogP contribution is 2.60. The molecule has 2 heterocycles. The summed E-state index contributed by atoms with van der Waals surface area (Å²) in [5.74, 6) is 0.0881. The molecule has 4 fully saturated rings. The molecule has 2 saturated carbocycles. The Kier molecular flexibility index (Phi) is 2.68. The van der Waals surface area contributed by atoms with Crippen LogP contribution < -0.4 is 0 Å². The van der Waals surface area contributed by atoms with E-state index in [2.05, 4.69) is 15.9 Å². The van der Waals surface area contributed by atoms with Gasteiger partial charge >= 0.3 is 5.97 Å². The van der Waals surface area contributed by atoms with Crippen molar-refractivity contribution in [2.45, 2.75) is 17.4 Å². The first kappa shape index (κ1) is 12.1. The van der Waals surface area contributed by atoms with Gasteiger partial charge in [0.2, 0.25) is 5.91 Å². The summed E-state index contributed by atoms with van der Waals surface area (Å²) in [5.41, 5.74) is 0. The third kappa shape index (κ3) is 1.56. The number of carbonyl (C=O) groups excluding carboxylic acids is 2. The Balaban J connectivity index is 1.61. The van der Waals surface area contributed by atoms with Crippen LogP contribution in [0.25, 0.3) is 0 Å². The Hall–Kier alpha value is -0.620. The van der Waals surface area contributed by atoms with Crippen molar-refractivity contribution in [3.05, 3.63) is 0 Å². The zero-order valence-electron chi connectivity index (χ0n) is 10.5. The van der Waals surface area contributed by atoms with Gasteiger partial charge in [-0.05, 0) is 12.3 Å². The molecule has 4 rings (SSSR count). The van der Waals surface area contributed by atoms with E-state index >= 15 is 0 Å². The lowest BCUT2D eigenvalue weighted by molar-refractivity contribution is -0.149. The van der Waals surface area contributed by atoms with Crippen molar-refractivity contribution >= 4 is 27.8 Å². The van der Waals surface area contributed by atoms with Crippen molar-refractivity contribution in [1.82, 2.24) is 4.90 Å². The van der Waals surface area contributed by atoms with Gasteiger partial charge in [0.25, 0.3) is 0 Å². The van der Waals surface area contributed by atoms with E-state index in [1.165, 1.54) is 0 Å². The van der Waals surface area contributed by atoms with Gasteiger partial charge in [-0.1, -0.05) is 15.9 Å². The number of hydrogen-bond donors (Lipinski definition) is 0. The summed E-state index contributed by atoms with van der Waals surface area (Å²) < 4.78 is 10.7. The number of fused-ring (bicyclic) bond motifs is 1. The summed E-state index contributed by atoms with van der Waals surface area (Å²) in [6.07, 6.45) is 0.939. The second-order valence-electron chi connectivity index (χ2n) is 5.90. The molecule has 5 nitrogen and oxygen atoms in total. The van der Waals surface area contributed by atoms with E-state index in [1.54, 1.807) is 0 Å². The largest absolute Gasteiger partial charge is 0.461 e. The predicted octanol–water partition coefficient (Wildman–Crippen LogP) is 0.416. The van der Waals surface area contributed by atoms with Gasteiger partial charge in [-0.2, -0.15) is 0 Å². The number of carbonyl (C=O) groups is 2. The maximum absolute atomic E-state index is 12.7. The molecule has 2 saturated heterocycles. The molecule has 1 amide bonds. The summed E-state index contributed by atoms with van der Waals surface area (Å²) in [6.45, 7) is 2.49. The fraction of sp³-hybridized carbons (Fsp3) is 0.846. The SMILES string of the molecule is O=C1O[C@@H]2[C@H](Br)[C@@H]3C[C@@H]2[C@H]1[C@H]3C(=O)N1CCOCC1. The summed E-state index contributed by atoms with van der Waals surface area (Å²) >= 11 is 3.64. The molecule has 0 N–H and O–H groups in total. The summed E-state index contributed by atoms with van der Waals surface area (Å²) in [4.78, 5) is 26.7. The van der Waals surface area contributed by atoms with Crippen LogP contribution in [0, 0.1) is 23.7 Å². The molecule has 19 heavy (non-hydrogen) atoms. The van der Waals surface area contributed by atoms with E-state index in [0.29, 0.717) is 26.3 Å². The third-order valence-electron chi connectivity index (χ3n) is 5.13. The molecule has 2 aliphatic heterocycles. The minimum atomic E-state index is -0.195. The number of alkyl halides is 1. The van der Waals surface area contributed by atoms with Crippen LogP contribution in [0.3, 0.4) is 0 Å². The van der Waals surface area contributed by atoms with Crippen LogP contribution >= 0.6 is 15.9 Å². The first-order valence-corrected chi connectivity index (χ1v) is 7.81. The fourth-order valence-electron chi connectivity index (χ4n) is 4.30. The summed E-state index contributed by atoms with van der Waals surface area (Å²) in [6, 6.07) is 0. The zero-order valence-corrected chi connectivity index (χ0v) is 12.0. The predicted molar refractivity (Wildman–Crippen MR) is 68.6 cm³/mol. The minimum Gasteiger partial charge on any atom is -0.461 e. The average molecular weight is 330 g/mol. The lowest BCUT2D eigenvalue weighted by Crippen LogP contribution is -2.49. The molecular formula is C13H16BrNO4. The number of amides is 1. The lowest BCUT2D eigenvalue weighted by Gasteiger charge is -2.34. The Morgan fingerprint density at radius 3 is 2.74 bits per heavy atom. The molecule has 0 aromatic rings. The number of nitrogens with zero attached hydrogens (tertiary/aromatic N) is 1. The van der Waals surface area contributed by atoms with E-state index in [-0.39, 0.29) is 46.5 Å². The molecule has 2 bridgehead atoms. The molecule has 2 aliphatic carbocycles. The highest BCUT2D eigenvalue weighted by atomic mass is 79.9. The van der Waals surface area contributed by atoms with Gasteiger partial charge in [0.05, 0.1) is 29.9 Å². The van der Waals surface area contributed by atoms with Gasteiger partial charge in [0.15, 0.2) is 0 Å². The Labute approximate surface area is 119 Å². The molecule has 4 aliphatic rings. The summed E-state index contributed by atoms with van der Waals surface area (Å²) in [5, 5.41) is 0. The van der Waals surface area contributed by atoms with Crippen molar-refractivity contribution < 1.29 is 19.1 Å². The van der Waals surface area contributed by atoms with Crippen molar-refractivity contribution in [2.24, 2.45) is 23.7 Å². The fourth-order valence-corrected chi connectivity index (χ4v) is 5.35. The smallest absolute Gasteiger partial charge is 0.310 e. The Bertz CT molecular complexity index is 436. The van der Waals surface area contributed by atoms with Crippen molar-refractivity contribution in [2.75, 3.05) is 26.3 Å². The van der Waals surface area contributed by atoms with E-state index in [4.69, 9.17) is 9.47 Å². The van der Waals surface area contributed by atoms with Crippen molar-refractivity contribution in [3.8, 4) is 0 Å². The van der Waals surface area contributed by atoms with Crippen LogP contribution in [-0.2, 0) is 19.1 Å². The molecule has 0 aromatic heterocycles. The molecule has 0 radical (unpaired) electrons. The Morgan fingerprint density at radius 2 is 2.00 bits per heavy atom. The molecule has 0 aromatic carbocycles. The van der Waals surface area contributed by atoms with Crippen LogP contribution in [0.4, 0.5) is 0 Å². The number of hydrogen-bond acceptors (Lipinski definition) is 4. The maximum Gasteiger partial charge on any atom is 0.310 e. The van der Waals surface area contributed by atoms with E-state index < -0.39 is 0 Å². The van der Waals surface area contributed by atoms with Gasteiger partial charge < -0.3 is 14.4 Å². The maximum atomic E-state index is 12.7. The van der Waals surface area contributed by atoms with Gasteiger partial charge in [-0.25, -0.2) is 0 Å². The van der Waals surface area contributed by atoms with Crippen LogP contribution in [0.2, 0.25) is 0 Å². The average Bonchev–Trinajstić information content (AvgIpc) is 3.03. The highest BCUT2D eigenvalue weighted by molar-refractivity contribution is 9.09. The van der Waals surface area contributed by atoms with E-state index in [1.807, 2.05) is 4.90 Å². The van der Waals surface area contributed by atoms with Gasteiger partial charge in [-0.15, -0.1) is 0 Å². The van der Waals surface area contributed by atoms with Crippen LogP contribution in [0.1, 0.15) is 6.42 Å². The zero-order chi connectivity index (χ0) is 13.1. The Morgan fingerprint density at radius 1 is 1.26 bits per heavy atom. The number of morpholine rings is 1. The molecule has 0 unspecified atom stereocenters. The normalized spacial score (nSPS) is 47.6. The van der Waals surface area contributed by atoms with Crippen molar-refractivity contribution in [1.29, 1.82) is 0 Å². The first-order chi connectivity index (χ1) is 9.18. The minimum absolute atomic E-state index is 0.00348.